The number of nitrogens with zero attached hydrogens (tertiary/aromatic N) is 1. The van der Waals surface area contributed by atoms with Crippen LogP contribution in [0, 0.1) is 18.7 Å². The molecule has 2 aliphatic carbocycles. The number of hydrogen-bond donors (Lipinski definition) is 2. The van der Waals surface area contributed by atoms with E-state index in [1.807, 2.05) is 6.07 Å². The molecule has 0 saturated heterocycles. The molecule has 2 aliphatic rings. The smallest absolute Gasteiger partial charge is 0.329 e. The van der Waals surface area contributed by atoms with E-state index in [1.54, 1.807) is 6.92 Å². The van der Waals surface area contributed by atoms with Gasteiger partial charge in [-0.15, -0.1) is 11.3 Å². The first-order valence-corrected chi connectivity index (χ1v) is 11.2. The first-order chi connectivity index (χ1) is 14.8. The van der Waals surface area contributed by atoms with Crippen molar-refractivity contribution in [2.45, 2.75) is 51.5 Å². The lowest BCUT2D eigenvalue weighted by molar-refractivity contribution is 0.148. The number of halogens is 3. The van der Waals surface area contributed by atoms with Gasteiger partial charge < -0.3 is 5.73 Å². The minimum atomic E-state index is -3.19. The van der Waals surface area contributed by atoms with Crippen LogP contribution < -0.4 is 17.0 Å². The van der Waals surface area contributed by atoms with Crippen LogP contribution in [-0.4, -0.2) is 16.1 Å². The van der Waals surface area contributed by atoms with Crippen LogP contribution in [0.15, 0.2) is 15.7 Å². The van der Waals surface area contributed by atoms with Crippen LogP contribution in [0.1, 0.15) is 53.3 Å². The number of nitrogens with two attached hydrogens (primary N) is 1. The molecule has 164 valence electrons. The second-order valence-electron chi connectivity index (χ2n) is 8.52. The van der Waals surface area contributed by atoms with Gasteiger partial charge in [0, 0.05) is 21.4 Å². The molecule has 5 nitrogen and oxygen atoms in total. The van der Waals surface area contributed by atoms with E-state index in [-0.39, 0.29) is 17.1 Å². The number of nitrogens with one attached hydrogen (secondary N) is 1. The van der Waals surface area contributed by atoms with Gasteiger partial charge >= 0.3 is 5.69 Å². The first-order valence-electron chi connectivity index (χ1n) is 10.4. The van der Waals surface area contributed by atoms with Gasteiger partial charge in [-0.1, -0.05) is 0 Å². The van der Waals surface area contributed by atoms with E-state index in [0.29, 0.717) is 35.7 Å². The second-order valence-corrected chi connectivity index (χ2v) is 9.65. The highest BCUT2D eigenvalue weighted by molar-refractivity contribution is 7.15. The zero-order valence-corrected chi connectivity index (χ0v) is 17.8. The minimum Gasteiger partial charge on any atom is -0.330 e. The molecular formula is C22H22F3N3O2S. The third kappa shape index (κ3) is 3.17. The van der Waals surface area contributed by atoms with Crippen molar-refractivity contribution < 1.29 is 13.2 Å². The Bertz CT molecular complexity index is 1320. The van der Waals surface area contributed by atoms with Gasteiger partial charge in [-0.3, -0.25) is 14.3 Å². The Morgan fingerprint density at radius 2 is 2.03 bits per heavy atom. The van der Waals surface area contributed by atoms with E-state index in [0.717, 1.165) is 29.7 Å². The van der Waals surface area contributed by atoms with E-state index >= 15 is 4.39 Å². The molecule has 5 rings (SSSR count). The Kier molecular flexibility index (Phi) is 4.86. The number of benzene rings is 1. The summed E-state index contributed by atoms with van der Waals surface area (Å²) in [6.45, 7) is 2.18. The van der Waals surface area contributed by atoms with Gasteiger partial charge in [0.2, 0.25) is 0 Å². The molecule has 1 saturated carbocycles. The Labute approximate surface area is 179 Å². The summed E-state index contributed by atoms with van der Waals surface area (Å²) in [5.41, 5.74) is 4.87. The van der Waals surface area contributed by atoms with Crippen LogP contribution in [0.3, 0.4) is 0 Å². The van der Waals surface area contributed by atoms with Crippen molar-refractivity contribution in [3.05, 3.63) is 54.3 Å². The topological polar surface area (TPSA) is 80.9 Å². The number of thiophene rings is 1. The quantitative estimate of drug-likeness (QED) is 0.626. The minimum absolute atomic E-state index is 0.0610. The molecule has 0 amide bonds. The lowest BCUT2D eigenvalue weighted by atomic mass is 9.88. The summed E-state index contributed by atoms with van der Waals surface area (Å²) in [6, 6.07) is 1.69. The third-order valence-electron chi connectivity index (χ3n) is 6.49. The number of aryl methyl sites for hydroxylation is 2. The number of fused-ring (bicyclic) bond motifs is 2. The summed E-state index contributed by atoms with van der Waals surface area (Å²) in [5, 5.41) is -0.426. The fourth-order valence-corrected chi connectivity index (χ4v) is 6.10. The summed E-state index contributed by atoms with van der Waals surface area (Å²) in [7, 11) is 0. The first kappa shape index (κ1) is 20.5. The summed E-state index contributed by atoms with van der Waals surface area (Å²) in [6.07, 6.45) is 0.788. The molecule has 1 atom stereocenters. The van der Waals surface area contributed by atoms with E-state index < -0.39 is 34.4 Å². The van der Waals surface area contributed by atoms with Crippen LogP contribution in [-0.2, 0) is 12.8 Å². The Hall–Kier alpha value is -2.39. The summed E-state index contributed by atoms with van der Waals surface area (Å²) in [5.74, 6) is -0.729. The highest BCUT2D eigenvalue weighted by Gasteiger charge is 2.33. The third-order valence-corrected chi connectivity index (χ3v) is 7.75. The van der Waals surface area contributed by atoms with Crippen LogP contribution in [0.5, 0.6) is 0 Å². The number of rotatable bonds is 4. The Morgan fingerprint density at radius 1 is 1.29 bits per heavy atom. The van der Waals surface area contributed by atoms with Crippen molar-refractivity contribution in [2.24, 2.45) is 11.7 Å². The van der Waals surface area contributed by atoms with Crippen molar-refractivity contribution in [3.63, 3.8) is 0 Å². The maximum absolute atomic E-state index is 15.6. The van der Waals surface area contributed by atoms with Gasteiger partial charge in [-0.2, -0.15) is 0 Å². The zero-order valence-electron chi connectivity index (χ0n) is 16.9. The molecule has 0 radical (unpaired) electrons. The number of aromatic amines is 1. The fourth-order valence-electron chi connectivity index (χ4n) is 4.80. The summed E-state index contributed by atoms with van der Waals surface area (Å²) < 4.78 is 45.1. The van der Waals surface area contributed by atoms with Crippen molar-refractivity contribution in [2.75, 3.05) is 6.54 Å². The molecule has 0 aliphatic heterocycles. The van der Waals surface area contributed by atoms with E-state index in [9.17, 15) is 18.4 Å². The number of hydrogen-bond acceptors (Lipinski definition) is 4. The lowest BCUT2D eigenvalue weighted by Crippen LogP contribution is -2.31. The molecule has 3 aromatic rings. The average Bonchev–Trinajstić information content (AvgIpc) is 3.46. The van der Waals surface area contributed by atoms with Crippen molar-refractivity contribution in [1.29, 1.82) is 0 Å². The summed E-state index contributed by atoms with van der Waals surface area (Å²) >= 11 is 1.40. The van der Waals surface area contributed by atoms with Gasteiger partial charge in [0.15, 0.2) is 0 Å². The standard InChI is InChI=1S/C22H22F3N3O2S/c1-9-15(14-7-11-6-10(8-26)2-5-13(11)31-14)18(23)16(20(24)25)17-19(9)28(12-3-4-12)22(30)27-21(17)29/h7,10,12,20H,2-6,8,26H2,1H3,(H,27,29,30). The SMILES string of the molecule is Cc1c(-c2cc3c(s2)CCC(CN)C3)c(F)c(C(F)F)c2c(=O)[nH]c(=O)n(C3CC3)c12. The predicted molar refractivity (Wildman–Crippen MR) is 115 cm³/mol. The highest BCUT2D eigenvalue weighted by Crippen LogP contribution is 2.45. The molecule has 1 fully saturated rings. The zero-order chi connectivity index (χ0) is 22.0. The number of aromatic nitrogens is 2. The Morgan fingerprint density at radius 3 is 2.68 bits per heavy atom. The molecule has 31 heavy (non-hydrogen) atoms. The maximum atomic E-state index is 15.6. The van der Waals surface area contributed by atoms with Crippen molar-refractivity contribution in [1.82, 2.24) is 9.55 Å². The van der Waals surface area contributed by atoms with E-state index in [1.165, 1.54) is 15.9 Å². The molecule has 9 heteroatoms. The van der Waals surface area contributed by atoms with Gasteiger partial charge in [0.25, 0.3) is 12.0 Å². The Balaban J connectivity index is 1.85. The largest absolute Gasteiger partial charge is 0.330 e. The monoisotopic (exact) mass is 449 g/mol. The van der Waals surface area contributed by atoms with E-state index in [2.05, 4.69) is 4.98 Å². The highest BCUT2D eigenvalue weighted by atomic mass is 32.1. The molecule has 1 aromatic carbocycles. The molecule has 1 unspecified atom stereocenters. The second kappa shape index (κ2) is 7.34. The molecule has 0 bridgehead atoms. The van der Waals surface area contributed by atoms with Crippen LogP contribution in [0.2, 0.25) is 0 Å². The average molecular weight is 449 g/mol. The predicted octanol–water partition coefficient (Wildman–Crippen LogP) is 4.20. The number of alkyl halides is 2. The van der Waals surface area contributed by atoms with Crippen molar-refractivity contribution >= 4 is 22.2 Å². The van der Waals surface area contributed by atoms with Crippen molar-refractivity contribution in [3.8, 4) is 10.4 Å². The number of H-pyrrole nitrogens is 1. The van der Waals surface area contributed by atoms with Crippen LogP contribution >= 0.6 is 11.3 Å². The van der Waals surface area contributed by atoms with Crippen LogP contribution in [0.25, 0.3) is 21.3 Å². The fraction of sp³-hybridized carbons (Fsp3) is 0.455. The van der Waals surface area contributed by atoms with Gasteiger partial charge in [-0.05, 0) is 68.7 Å². The van der Waals surface area contributed by atoms with Gasteiger partial charge in [-0.25, -0.2) is 18.0 Å². The molecule has 3 N–H and O–H groups in total. The van der Waals surface area contributed by atoms with Crippen LogP contribution in [0.4, 0.5) is 13.2 Å². The normalized spacial score (nSPS) is 18.7. The molecule has 0 spiro atoms. The maximum Gasteiger partial charge on any atom is 0.329 e. The van der Waals surface area contributed by atoms with Gasteiger partial charge in [0.05, 0.1) is 16.5 Å². The molecule has 2 aromatic heterocycles. The lowest BCUT2D eigenvalue weighted by Gasteiger charge is -2.19. The van der Waals surface area contributed by atoms with Gasteiger partial charge in [0.1, 0.15) is 5.82 Å². The van der Waals surface area contributed by atoms with E-state index in [4.69, 9.17) is 5.73 Å². The molecule has 2 heterocycles. The molecular weight excluding hydrogens is 427 g/mol. The summed E-state index contributed by atoms with van der Waals surface area (Å²) in [4.78, 5) is 28.8.